The third-order valence-electron chi connectivity index (χ3n) is 3.47. The van der Waals surface area contributed by atoms with Gasteiger partial charge in [-0.3, -0.25) is 14.2 Å². The Kier molecular flexibility index (Phi) is 5.54. The van der Waals surface area contributed by atoms with Crippen LogP contribution >= 0.6 is 7.60 Å². The van der Waals surface area contributed by atoms with E-state index in [-0.39, 0.29) is 18.7 Å². The highest BCUT2D eigenvalue weighted by Gasteiger charge is 2.40. The van der Waals surface area contributed by atoms with Gasteiger partial charge in [0.2, 0.25) is 5.78 Å². The summed E-state index contributed by atoms with van der Waals surface area (Å²) in [5.74, 6) is -3.41. The molecule has 1 aliphatic rings. The van der Waals surface area contributed by atoms with Crippen molar-refractivity contribution in [3.8, 4) is 0 Å². The first kappa shape index (κ1) is 17.6. The molecule has 9 heteroatoms. The molecule has 126 valence electrons. The van der Waals surface area contributed by atoms with Crippen molar-refractivity contribution in [3.63, 3.8) is 0 Å². The average Bonchev–Trinajstić information content (AvgIpc) is 2.52. The number of rotatable bonds is 4. The summed E-state index contributed by atoms with van der Waals surface area (Å²) in [4.78, 5) is 44.6. The van der Waals surface area contributed by atoms with Crippen LogP contribution in [-0.2, 0) is 14.1 Å². The van der Waals surface area contributed by atoms with Crippen molar-refractivity contribution in [2.45, 2.75) is 12.7 Å². The smallest absolute Gasteiger partial charge is 0.357 e. The number of benzene rings is 1. The lowest BCUT2D eigenvalue weighted by Gasteiger charge is -2.30. The van der Waals surface area contributed by atoms with Crippen LogP contribution < -0.4 is 5.32 Å². The van der Waals surface area contributed by atoms with Gasteiger partial charge in [-0.25, -0.2) is 0 Å². The number of aryl methyl sites for hydroxylation is 1. The zero-order valence-corrected chi connectivity index (χ0v) is 13.5. The Morgan fingerprint density at radius 3 is 2.30 bits per heavy atom. The lowest BCUT2D eigenvalue weighted by Crippen LogP contribution is -2.51. The minimum Gasteiger partial charge on any atom is -0.378 e. The van der Waals surface area contributed by atoms with Crippen LogP contribution in [0.4, 0.5) is 0 Å². The average molecular weight is 342 g/mol. The molecule has 23 heavy (non-hydrogen) atoms. The Morgan fingerprint density at radius 1 is 1.22 bits per heavy atom. The van der Waals surface area contributed by atoms with Crippen molar-refractivity contribution in [2.24, 2.45) is 0 Å². The Bertz CT molecular complexity index is 621. The molecule has 1 saturated heterocycles. The topological polar surface area (TPSA) is 116 Å². The third-order valence-corrected chi connectivity index (χ3v) is 4.50. The lowest BCUT2D eigenvalue weighted by atomic mass is 10.1. The quantitative estimate of drug-likeness (QED) is 0.668. The van der Waals surface area contributed by atoms with E-state index in [1.54, 1.807) is 12.1 Å². The highest BCUT2D eigenvalue weighted by Crippen LogP contribution is 2.40. The number of ether oxygens (including phenoxy) is 1. The van der Waals surface area contributed by atoms with Gasteiger partial charge in [-0.05, 0) is 19.1 Å². The van der Waals surface area contributed by atoms with Crippen molar-refractivity contribution in [1.82, 2.24) is 10.2 Å². The first-order valence-corrected chi connectivity index (χ1v) is 8.76. The summed E-state index contributed by atoms with van der Waals surface area (Å²) in [5.41, 5.74) is 1.17. The molecule has 1 aromatic carbocycles. The predicted octanol–water partition coefficient (Wildman–Crippen LogP) is 0.0874. The fourth-order valence-corrected chi connectivity index (χ4v) is 2.90. The minimum absolute atomic E-state index is 0.226. The standard InChI is InChI=1S/C14H19N2O6P/c1-10-2-4-11(5-3-10)12(17)15-13(23(19,20)21)14(18)16-6-8-22-9-7-16/h2-5,13H,6-9H2,1H3,(H,15,17)(H2,19,20,21)/t13-/m0/s1. The van der Waals surface area contributed by atoms with Gasteiger partial charge in [-0.15, -0.1) is 0 Å². The van der Waals surface area contributed by atoms with E-state index in [1.807, 2.05) is 6.92 Å². The molecule has 0 bridgehead atoms. The number of amides is 2. The molecular formula is C14H19N2O6P. The van der Waals surface area contributed by atoms with Gasteiger partial charge in [0.25, 0.3) is 11.8 Å². The molecule has 1 aliphatic heterocycles. The SMILES string of the molecule is Cc1ccc(C(=O)N[C@H](C(=O)N2CCOCC2)P(=O)(O)O)cc1. The third kappa shape index (κ3) is 4.62. The summed E-state index contributed by atoms with van der Waals surface area (Å²) in [6, 6.07) is 6.46. The van der Waals surface area contributed by atoms with E-state index in [1.165, 1.54) is 17.0 Å². The molecule has 3 N–H and O–H groups in total. The number of morpholine rings is 1. The molecule has 2 amide bonds. The first-order valence-electron chi connectivity index (χ1n) is 7.08. The van der Waals surface area contributed by atoms with E-state index in [4.69, 9.17) is 4.74 Å². The molecule has 1 atom stereocenters. The normalized spacial score (nSPS) is 16.7. The summed E-state index contributed by atoms with van der Waals surface area (Å²) in [6.07, 6.45) is 0. The van der Waals surface area contributed by atoms with Crippen LogP contribution in [0.25, 0.3) is 0 Å². The highest BCUT2D eigenvalue weighted by molar-refractivity contribution is 7.53. The van der Waals surface area contributed by atoms with E-state index in [0.717, 1.165) is 5.56 Å². The molecule has 1 fully saturated rings. The van der Waals surface area contributed by atoms with Gasteiger partial charge in [0.15, 0.2) is 0 Å². The molecule has 8 nitrogen and oxygen atoms in total. The van der Waals surface area contributed by atoms with Crippen LogP contribution in [-0.4, -0.2) is 58.6 Å². The molecule has 0 aliphatic carbocycles. The van der Waals surface area contributed by atoms with Gasteiger partial charge < -0.3 is 24.7 Å². The first-order chi connectivity index (χ1) is 10.8. The van der Waals surface area contributed by atoms with Crippen LogP contribution in [0.5, 0.6) is 0 Å². The maximum Gasteiger partial charge on any atom is 0.357 e. The highest BCUT2D eigenvalue weighted by atomic mass is 31.2. The minimum atomic E-state index is -4.85. The molecule has 0 aromatic heterocycles. The Labute approximate surface area is 133 Å². The molecule has 1 heterocycles. The summed E-state index contributed by atoms with van der Waals surface area (Å²) in [5, 5.41) is 2.16. The van der Waals surface area contributed by atoms with Gasteiger partial charge >= 0.3 is 7.60 Å². The second-order valence-electron chi connectivity index (χ2n) is 5.27. The summed E-state index contributed by atoms with van der Waals surface area (Å²) < 4.78 is 16.7. The van der Waals surface area contributed by atoms with Gasteiger partial charge in [0.05, 0.1) is 13.2 Å². The van der Waals surface area contributed by atoms with E-state index < -0.39 is 25.2 Å². The fraction of sp³-hybridized carbons (Fsp3) is 0.429. The Morgan fingerprint density at radius 2 is 1.78 bits per heavy atom. The number of nitrogens with zero attached hydrogens (tertiary/aromatic N) is 1. The predicted molar refractivity (Wildman–Crippen MR) is 81.9 cm³/mol. The molecular weight excluding hydrogens is 323 g/mol. The number of nitrogens with one attached hydrogen (secondary N) is 1. The van der Waals surface area contributed by atoms with Crippen LogP contribution in [0.3, 0.4) is 0 Å². The molecule has 0 spiro atoms. The van der Waals surface area contributed by atoms with E-state index in [9.17, 15) is 23.9 Å². The zero-order chi connectivity index (χ0) is 17.0. The van der Waals surface area contributed by atoms with Crippen LogP contribution in [0.1, 0.15) is 15.9 Å². The van der Waals surface area contributed by atoms with E-state index in [2.05, 4.69) is 5.32 Å². The van der Waals surface area contributed by atoms with E-state index >= 15 is 0 Å². The van der Waals surface area contributed by atoms with Crippen molar-refractivity contribution in [3.05, 3.63) is 35.4 Å². The second kappa shape index (κ2) is 7.23. The largest absolute Gasteiger partial charge is 0.378 e. The Hall–Kier alpha value is -1.73. The molecule has 2 rings (SSSR count). The number of hydrogen-bond acceptors (Lipinski definition) is 4. The monoisotopic (exact) mass is 342 g/mol. The van der Waals surface area contributed by atoms with Crippen LogP contribution in [0, 0.1) is 6.92 Å². The van der Waals surface area contributed by atoms with Crippen molar-refractivity contribution >= 4 is 19.4 Å². The molecule has 0 unspecified atom stereocenters. The summed E-state index contributed by atoms with van der Waals surface area (Å²) in [6.45, 7) is 2.91. The zero-order valence-electron chi connectivity index (χ0n) is 12.6. The molecule has 0 saturated carbocycles. The van der Waals surface area contributed by atoms with Crippen LogP contribution in [0.2, 0.25) is 0 Å². The van der Waals surface area contributed by atoms with Gasteiger partial charge in [0.1, 0.15) is 0 Å². The van der Waals surface area contributed by atoms with Gasteiger partial charge in [-0.1, -0.05) is 17.7 Å². The summed E-state index contributed by atoms with van der Waals surface area (Å²) >= 11 is 0. The van der Waals surface area contributed by atoms with Crippen molar-refractivity contribution < 1.29 is 28.7 Å². The number of carbonyl (C=O) groups is 2. The number of carbonyl (C=O) groups excluding carboxylic acids is 2. The van der Waals surface area contributed by atoms with Crippen molar-refractivity contribution in [2.75, 3.05) is 26.3 Å². The van der Waals surface area contributed by atoms with Crippen molar-refractivity contribution in [1.29, 1.82) is 0 Å². The maximum absolute atomic E-state index is 12.3. The van der Waals surface area contributed by atoms with Gasteiger partial charge in [-0.2, -0.15) is 0 Å². The maximum atomic E-state index is 12.3. The van der Waals surface area contributed by atoms with Gasteiger partial charge in [0, 0.05) is 18.7 Å². The summed E-state index contributed by atoms with van der Waals surface area (Å²) in [7, 11) is -4.85. The number of hydrogen-bond donors (Lipinski definition) is 3. The molecule has 0 radical (unpaired) electrons. The van der Waals surface area contributed by atoms with E-state index in [0.29, 0.717) is 13.2 Å². The molecule has 1 aromatic rings. The second-order valence-corrected chi connectivity index (χ2v) is 6.96. The van der Waals surface area contributed by atoms with Crippen LogP contribution in [0.15, 0.2) is 24.3 Å². The Balaban J connectivity index is 2.15. The lowest BCUT2D eigenvalue weighted by molar-refractivity contribution is -0.135. The fourth-order valence-electron chi connectivity index (χ4n) is 2.16.